The van der Waals surface area contributed by atoms with Crippen molar-refractivity contribution in [2.75, 3.05) is 31.4 Å². The van der Waals surface area contributed by atoms with Crippen LogP contribution >= 0.6 is 0 Å². The lowest BCUT2D eigenvalue weighted by molar-refractivity contribution is 0.153. The van der Waals surface area contributed by atoms with E-state index in [1.165, 1.54) is 0 Å². The number of nitrogen functional groups attached to an aromatic ring is 1. The van der Waals surface area contributed by atoms with Crippen LogP contribution in [0.1, 0.15) is 11.4 Å². The van der Waals surface area contributed by atoms with Crippen LogP contribution in [0.4, 0.5) is 11.6 Å². The second-order valence-electron chi connectivity index (χ2n) is 3.61. The van der Waals surface area contributed by atoms with Crippen molar-refractivity contribution in [2.24, 2.45) is 0 Å². The number of hydrogen-bond acceptors (Lipinski definition) is 6. The van der Waals surface area contributed by atoms with Crippen molar-refractivity contribution >= 4 is 11.6 Å². The molecule has 1 aromatic rings. The van der Waals surface area contributed by atoms with Crippen LogP contribution in [0.3, 0.4) is 0 Å². The topological polar surface area (TPSA) is 93.3 Å². The molecule has 1 rings (SSSR count). The van der Waals surface area contributed by atoms with Crippen LogP contribution in [0.2, 0.25) is 0 Å². The molecule has 0 amide bonds. The largest absolute Gasteiger partial charge is 0.394 e. The second-order valence-corrected chi connectivity index (χ2v) is 3.61. The number of aliphatic hydroxyl groups is 1. The van der Waals surface area contributed by atoms with E-state index >= 15 is 0 Å². The van der Waals surface area contributed by atoms with Crippen molar-refractivity contribution in [1.82, 2.24) is 9.97 Å². The van der Waals surface area contributed by atoms with Crippen LogP contribution in [-0.4, -0.2) is 41.4 Å². The molecule has 6 heteroatoms. The van der Waals surface area contributed by atoms with Crippen LogP contribution in [-0.2, 0) is 4.74 Å². The van der Waals surface area contributed by atoms with Gasteiger partial charge in [-0.2, -0.15) is 0 Å². The number of rotatable bonds is 5. The molecule has 16 heavy (non-hydrogen) atoms. The summed E-state index contributed by atoms with van der Waals surface area (Å²) in [5.74, 6) is 1.69. The fourth-order valence-corrected chi connectivity index (χ4v) is 1.33. The number of aromatic nitrogens is 2. The predicted molar refractivity (Wildman–Crippen MR) is 62.3 cm³/mol. The Morgan fingerprint density at radius 2 is 2.12 bits per heavy atom. The van der Waals surface area contributed by atoms with E-state index < -0.39 is 0 Å². The van der Waals surface area contributed by atoms with Crippen LogP contribution in [0.25, 0.3) is 0 Å². The highest BCUT2D eigenvalue weighted by Crippen LogP contribution is 2.17. The first-order valence-corrected chi connectivity index (χ1v) is 5.05. The van der Waals surface area contributed by atoms with Crippen LogP contribution < -0.4 is 11.1 Å². The van der Waals surface area contributed by atoms with Crippen LogP contribution in [0.15, 0.2) is 0 Å². The first-order valence-electron chi connectivity index (χ1n) is 5.05. The van der Waals surface area contributed by atoms with Gasteiger partial charge in [-0.1, -0.05) is 0 Å². The van der Waals surface area contributed by atoms with Crippen LogP contribution in [0, 0.1) is 13.8 Å². The molecular formula is C10H18N4O2. The third-order valence-electron chi connectivity index (χ3n) is 2.22. The van der Waals surface area contributed by atoms with Crippen LogP contribution in [0.5, 0.6) is 0 Å². The van der Waals surface area contributed by atoms with Gasteiger partial charge in [-0.25, -0.2) is 9.97 Å². The number of aliphatic hydroxyl groups excluding tert-OH is 1. The van der Waals surface area contributed by atoms with Gasteiger partial charge in [0.25, 0.3) is 0 Å². The zero-order chi connectivity index (χ0) is 12.1. The van der Waals surface area contributed by atoms with Gasteiger partial charge in [0.05, 0.1) is 19.3 Å². The lowest BCUT2D eigenvalue weighted by Gasteiger charge is -2.18. The first-order chi connectivity index (χ1) is 7.58. The molecule has 0 bridgehead atoms. The Morgan fingerprint density at radius 3 is 2.69 bits per heavy atom. The Morgan fingerprint density at radius 1 is 1.44 bits per heavy atom. The van der Waals surface area contributed by atoms with Gasteiger partial charge in [0.1, 0.15) is 17.5 Å². The average molecular weight is 226 g/mol. The Labute approximate surface area is 94.9 Å². The van der Waals surface area contributed by atoms with Gasteiger partial charge in [-0.15, -0.1) is 0 Å². The zero-order valence-corrected chi connectivity index (χ0v) is 9.82. The van der Waals surface area contributed by atoms with Crippen molar-refractivity contribution in [3.05, 3.63) is 11.4 Å². The summed E-state index contributed by atoms with van der Waals surface area (Å²) < 4.78 is 4.97. The summed E-state index contributed by atoms with van der Waals surface area (Å²) in [6, 6.07) is -0.197. The third-order valence-corrected chi connectivity index (χ3v) is 2.22. The summed E-state index contributed by atoms with van der Waals surface area (Å²) in [5.41, 5.74) is 6.51. The quantitative estimate of drug-likeness (QED) is 0.659. The van der Waals surface area contributed by atoms with E-state index in [0.717, 1.165) is 5.56 Å². The van der Waals surface area contributed by atoms with Gasteiger partial charge >= 0.3 is 0 Å². The lowest BCUT2D eigenvalue weighted by Crippen LogP contribution is -2.29. The number of nitrogens with one attached hydrogen (secondary N) is 1. The molecule has 90 valence electrons. The molecule has 1 unspecified atom stereocenters. The summed E-state index contributed by atoms with van der Waals surface area (Å²) in [5, 5.41) is 12.2. The fourth-order valence-electron chi connectivity index (χ4n) is 1.33. The number of aryl methyl sites for hydroxylation is 1. The Hall–Kier alpha value is -1.40. The molecule has 0 spiro atoms. The molecule has 0 aliphatic heterocycles. The van der Waals surface area contributed by atoms with Crippen molar-refractivity contribution in [2.45, 2.75) is 19.9 Å². The summed E-state index contributed by atoms with van der Waals surface area (Å²) in [7, 11) is 1.58. The maximum Gasteiger partial charge on any atom is 0.135 e. The molecule has 0 saturated heterocycles. The third kappa shape index (κ3) is 3.04. The SMILES string of the molecule is COCC(CO)Nc1nc(C)nc(N)c1C. The summed E-state index contributed by atoms with van der Waals surface area (Å²) in [6.45, 7) is 3.97. The average Bonchev–Trinajstić information content (AvgIpc) is 2.24. The minimum absolute atomic E-state index is 0.0315. The minimum Gasteiger partial charge on any atom is -0.394 e. The van der Waals surface area contributed by atoms with Crippen molar-refractivity contribution < 1.29 is 9.84 Å². The van der Waals surface area contributed by atoms with E-state index in [4.69, 9.17) is 15.6 Å². The standard InChI is InChI=1S/C10H18N4O2/c1-6-9(11)12-7(2)13-10(6)14-8(4-15)5-16-3/h8,15H,4-5H2,1-3H3,(H3,11,12,13,14). The fraction of sp³-hybridized carbons (Fsp3) is 0.600. The van der Waals surface area contributed by atoms with Gasteiger partial charge < -0.3 is 20.9 Å². The summed E-state index contributed by atoms with van der Waals surface area (Å²) >= 11 is 0. The normalized spacial score (nSPS) is 12.5. The maximum absolute atomic E-state index is 9.13. The highest BCUT2D eigenvalue weighted by atomic mass is 16.5. The number of nitrogens with zero attached hydrogens (tertiary/aromatic N) is 2. The highest BCUT2D eigenvalue weighted by molar-refractivity contribution is 5.55. The predicted octanol–water partition coefficient (Wildman–Crippen LogP) is 0.0948. The van der Waals surface area contributed by atoms with Crippen molar-refractivity contribution in [3.8, 4) is 0 Å². The number of methoxy groups -OCH3 is 1. The lowest BCUT2D eigenvalue weighted by atomic mass is 10.2. The van der Waals surface area contributed by atoms with E-state index in [1.807, 2.05) is 6.92 Å². The van der Waals surface area contributed by atoms with E-state index in [1.54, 1.807) is 14.0 Å². The molecule has 0 aliphatic rings. The Kier molecular flexibility index (Phi) is 4.45. The molecule has 0 fully saturated rings. The zero-order valence-electron chi connectivity index (χ0n) is 9.82. The monoisotopic (exact) mass is 226 g/mol. The van der Waals surface area contributed by atoms with Gasteiger partial charge in [-0.05, 0) is 13.8 Å². The first kappa shape index (κ1) is 12.7. The number of nitrogens with two attached hydrogens (primary N) is 1. The van der Waals surface area contributed by atoms with Gasteiger partial charge in [-0.3, -0.25) is 0 Å². The number of hydrogen-bond donors (Lipinski definition) is 3. The van der Waals surface area contributed by atoms with E-state index in [-0.39, 0.29) is 12.6 Å². The second kappa shape index (κ2) is 5.62. The Bertz CT molecular complexity index is 357. The molecule has 4 N–H and O–H groups in total. The molecule has 1 aromatic heterocycles. The molecule has 1 atom stereocenters. The molecular weight excluding hydrogens is 208 g/mol. The highest BCUT2D eigenvalue weighted by Gasteiger charge is 2.12. The van der Waals surface area contributed by atoms with E-state index in [0.29, 0.717) is 24.1 Å². The number of anilines is 2. The summed E-state index contributed by atoms with van der Waals surface area (Å²) in [4.78, 5) is 8.28. The van der Waals surface area contributed by atoms with E-state index in [9.17, 15) is 0 Å². The Balaban J connectivity index is 2.87. The van der Waals surface area contributed by atoms with Gasteiger partial charge in [0, 0.05) is 12.7 Å². The minimum atomic E-state index is -0.197. The molecule has 0 aromatic carbocycles. The molecule has 1 heterocycles. The smallest absolute Gasteiger partial charge is 0.135 e. The molecule has 6 nitrogen and oxygen atoms in total. The maximum atomic E-state index is 9.13. The summed E-state index contributed by atoms with van der Waals surface area (Å²) in [6.07, 6.45) is 0. The van der Waals surface area contributed by atoms with E-state index in [2.05, 4.69) is 15.3 Å². The van der Waals surface area contributed by atoms with Gasteiger partial charge in [0.2, 0.25) is 0 Å². The molecule has 0 radical (unpaired) electrons. The van der Waals surface area contributed by atoms with Gasteiger partial charge in [0.15, 0.2) is 0 Å². The molecule has 0 aliphatic carbocycles. The molecule has 0 saturated carbocycles. The van der Waals surface area contributed by atoms with Crippen molar-refractivity contribution in [3.63, 3.8) is 0 Å². The van der Waals surface area contributed by atoms with Crippen molar-refractivity contribution in [1.29, 1.82) is 0 Å². The number of ether oxygens (including phenoxy) is 1.